The normalized spacial score (nSPS) is 36.7. The second kappa shape index (κ2) is 8.01. The number of rotatable bonds is 4. The summed E-state index contributed by atoms with van der Waals surface area (Å²) in [5.74, 6) is -4.92. The molecule has 0 amide bonds. The maximum atomic E-state index is 15.8. The van der Waals surface area contributed by atoms with Crippen molar-refractivity contribution in [1.82, 2.24) is 9.55 Å². The van der Waals surface area contributed by atoms with E-state index < -0.39 is 66.4 Å². The lowest BCUT2D eigenvalue weighted by Crippen LogP contribution is -2.43. The summed E-state index contributed by atoms with van der Waals surface area (Å²) in [6.45, 7) is -4.43. The highest BCUT2D eigenvalue weighted by atomic mass is 35.5. The molecule has 0 aliphatic carbocycles. The van der Waals surface area contributed by atoms with Crippen LogP contribution >= 0.6 is 31.6 Å². The first-order valence-corrected chi connectivity index (χ1v) is 10.6. The smallest absolute Gasteiger partial charge is 0.404 e. The first-order valence-electron chi connectivity index (χ1n) is 9.82. The van der Waals surface area contributed by atoms with Crippen LogP contribution in [0.1, 0.15) is 15.9 Å². The Morgan fingerprint density at radius 1 is 1.55 bits per heavy atom. The number of H-pyrrole nitrogens is 1. The van der Waals surface area contributed by atoms with E-state index in [1.165, 1.54) is 0 Å². The lowest BCUT2D eigenvalue weighted by atomic mass is 10.1. The van der Waals surface area contributed by atoms with E-state index in [0.717, 1.165) is 18.2 Å². The number of nitrogens with one attached hydrogen (secondary N) is 1. The van der Waals surface area contributed by atoms with Crippen LogP contribution in [0.15, 0.2) is 29.2 Å². The molecule has 31 heavy (non-hydrogen) atoms. The highest BCUT2D eigenvalue weighted by molar-refractivity contribution is 7.71. The second-order valence-electron chi connectivity index (χ2n) is 6.34. The Balaban J connectivity index is 1.67. The number of aromatic amines is 1. The van der Waals surface area contributed by atoms with Crippen molar-refractivity contribution in [2.45, 2.75) is 30.9 Å². The van der Waals surface area contributed by atoms with E-state index >= 15 is 4.39 Å². The minimum absolute atomic E-state index is 0.104. The Bertz CT molecular complexity index is 1330. The van der Waals surface area contributed by atoms with Crippen molar-refractivity contribution in [3.05, 3.63) is 55.9 Å². The molecular formula is C16H14ClF2N2O8PS. The molecule has 2 aliphatic rings. The van der Waals surface area contributed by atoms with Gasteiger partial charge in [-0.1, -0.05) is 11.6 Å². The van der Waals surface area contributed by atoms with Gasteiger partial charge in [-0.3, -0.25) is 23.4 Å². The molecule has 1 saturated heterocycles. The molecule has 1 unspecified atom stereocenters. The fraction of sp³-hybridized carbons (Fsp3) is 0.375. The molecule has 0 radical (unpaired) electrons. The molecule has 2 aliphatic heterocycles. The fourth-order valence-corrected chi connectivity index (χ4v) is 4.18. The average molecular weight is 502 g/mol. The molecular weight excluding hydrogens is 485 g/mol. The van der Waals surface area contributed by atoms with Gasteiger partial charge >= 0.3 is 7.82 Å². The zero-order valence-electron chi connectivity index (χ0n) is 18.0. The zero-order chi connectivity index (χ0) is 25.3. The summed E-state index contributed by atoms with van der Waals surface area (Å²) < 4.78 is 85.4. The van der Waals surface area contributed by atoms with E-state index in [9.17, 15) is 24.0 Å². The topological polar surface area (TPSA) is 132 Å². The predicted molar refractivity (Wildman–Crippen MR) is 102 cm³/mol. The largest absolute Gasteiger partial charge is 0.530 e. The SMILES string of the molecule is [2H]C([2H])(OP1(=O)OCc2cc(F)ccc2O1)[C@@]1(F)O[C@@]([2H])(n2cc(Cl)c(=O)[nH]c2=S)[C@H](O)[C@@H]1O. The van der Waals surface area contributed by atoms with Crippen molar-refractivity contribution in [3.63, 3.8) is 0 Å². The van der Waals surface area contributed by atoms with Gasteiger partial charge in [0.25, 0.3) is 11.4 Å². The van der Waals surface area contributed by atoms with Crippen LogP contribution in [0.25, 0.3) is 0 Å². The summed E-state index contributed by atoms with van der Waals surface area (Å²) in [5.41, 5.74) is -0.776. The molecule has 0 spiro atoms. The molecule has 10 nitrogen and oxygen atoms in total. The standard InChI is InChI=1S/C16H14ClF2N2O8PS/c17-9-4-21(15(31)20-13(9)24)14-11(22)12(23)16(19,28-14)6-27-30(25)26-5-7-3-8(18)1-2-10(7)29-30/h1-4,11-12,14,22-23H,5-6H2,(H,20,24,31)/t11-,12+,14-,16-,30?/m1/s1/i6D2,14D. The zero-order valence-corrected chi connectivity index (χ0v) is 17.4. The number of phosphoric acid groups is 1. The van der Waals surface area contributed by atoms with Crippen molar-refractivity contribution in [2.24, 2.45) is 0 Å². The van der Waals surface area contributed by atoms with Gasteiger partial charge in [0.15, 0.2) is 11.0 Å². The molecule has 15 heteroatoms. The quantitative estimate of drug-likeness (QED) is 0.426. The van der Waals surface area contributed by atoms with Crippen LogP contribution < -0.4 is 10.1 Å². The van der Waals surface area contributed by atoms with Crippen LogP contribution in [-0.4, -0.2) is 44.4 Å². The Hall–Kier alpha value is -1.70. The third-order valence-corrected chi connectivity index (χ3v) is 5.98. The van der Waals surface area contributed by atoms with Crippen LogP contribution in [0.2, 0.25) is 5.02 Å². The van der Waals surface area contributed by atoms with Crippen LogP contribution in [0, 0.1) is 10.6 Å². The van der Waals surface area contributed by atoms with Gasteiger partial charge < -0.3 is 19.5 Å². The van der Waals surface area contributed by atoms with Gasteiger partial charge in [-0.2, -0.15) is 0 Å². The minimum atomic E-state index is -4.93. The first-order chi connectivity index (χ1) is 15.6. The monoisotopic (exact) mass is 501 g/mol. The first kappa shape index (κ1) is 18.8. The molecule has 2 aromatic rings. The molecule has 1 aromatic heterocycles. The Kier molecular flexibility index (Phi) is 4.87. The van der Waals surface area contributed by atoms with Gasteiger partial charge in [0, 0.05) is 11.8 Å². The molecule has 0 saturated carbocycles. The summed E-state index contributed by atoms with van der Waals surface area (Å²) in [5, 5.41) is 20.1. The van der Waals surface area contributed by atoms with E-state index in [-0.39, 0.29) is 11.3 Å². The van der Waals surface area contributed by atoms with Crippen LogP contribution in [0.4, 0.5) is 8.78 Å². The number of hydrogen-bond acceptors (Lipinski definition) is 9. The molecule has 168 valence electrons. The Morgan fingerprint density at radius 2 is 2.29 bits per heavy atom. The number of aromatic nitrogens is 2. The van der Waals surface area contributed by atoms with E-state index in [1.54, 1.807) is 0 Å². The van der Waals surface area contributed by atoms with Crippen molar-refractivity contribution < 1.29 is 46.0 Å². The lowest BCUT2D eigenvalue weighted by Gasteiger charge is -2.28. The molecule has 4 rings (SSSR count). The van der Waals surface area contributed by atoms with Gasteiger partial charge in [0.2, 0.25) is 0 Å². The fourth-order valence-electron chi connectivity index (χ4n) is 2.70. The van der Waals surface area contributed by atoms with Crippen LogP contribution in [0.5, 0.6) is 5.75 Å². The Morgan fingerprint density at radius 3 is 3.03 bits per heavy atom. The molecule has 3 N–H and O–H groups in total. The number of hydrogen-bond donors (Lipinski definition) is 3. The van der Waals surface area contributed by atoms with E-state index in [2.05, 4.69) is 4.52 Å². The third kappa shape index (κ3) is 4.20. The summed E-state index contributed by atoms with van der Waals surface area (Å²) in [6, 6.07) is 3.01. The number of ether oxygens (including phenoxy) is 1. The number of aliphatic hydroxyl groups is 2. The van der Waals surface area contributed by atoms with Gasteiger partial charge in [-0.15, -0.1) is 0 Å². The predicted octanol–water partition coefficient (Wildman–Crippen LogP) is 2.35. The van der Waals surface area contributed by atoms with Crippen molar-refractivity contribution in [2.75, 3.05) is 6.56 Å². The Labute approximate surface area is 186 Å². The third-order valence-electron chi connectivity index (χ3n) is 4.23. The highest BCUT2D eigenvalue weighted by Gasteiger charge is 2.57. The second-order valence-corrected chi connectivity index (χ2v) is 8.65. The van der Waals surface area contributed by atoms with Crippen molar-refractivity contribution >= 4 is 31.6 Å². The van der Waals surface area contributed by atoms with Gasteiger partial charge in [-0.05, 0) is 30.4 Å². The number of fused-ring (bicyclic) bond motifs is 1. The molecule has 1 fully saturated rings. The average Bonchev–Trinajstić information content (AvgIpc) is 2.92. The molecule has 3 heterocycles. The number of alkyl halides is 1. The van der Waals surface area contributed by atoms with Gasteiger partial charge in [-0.25, -0.2) is 13.3 Å². The molecule has 5 atom stereocenters. The van der Waals surface area contributed by atoms with E-state index in [1.807, 2.05) is 4.98 Å². The van der Waals surface area contributed by atoms with Gasteiger partial charge in [0.05, 0.1) is 10.7 Å². The maximum absolute atomic E-state index is 15.8. The van der Waals surface area contributed by atoms with E-state index in [0.29, 0.717) is 10.8 Å². The number of aliphatic hydroxyl groups excluding tert-OH is 2. The summed E-state index contributed by atoms with van der Waals surface area (Å²) in [7, 11) is -4.93. The summed E-state index contributed by atoms with van der Waals surface area (Å²) >= 11 is 10.5. The van der Waals surface area contributed by atoms with Gasteiger partial charge in [0.1, 0.15) is 35.4 Å². The summed E-state index contributed by atoms with van der Waals surface area (Å²) in [4.78, 5) is 13.6. The molecule has 0 bridgehead atoms. The minimum Gasteiger partial charge on any atom is -0.404 e. The maximum Gasteiger partial charge on any atom is 0.530 e. The molecule has 1 aromatic carbocycles. The van der Waals surface area contributed by atoms with Crippen LogP contribution in [-0.2, 0) is 25.0 Å². The number of nitrogens with zero attached hydrogens (tertiary/aromatic N) is 1. The lowest BCUT2D eigenvalue weighted by molar-refractivity contribution is -0.205. The highest BCUT2D eigenvalue weighted by Crippen LogP contribution is 2.55. The number of benzene rings is 1. The number of phosphoric ester groups is 1. The summed E-state index contributed by atoms with van der Waals surface area (Å²) in [6.07, 6.45) is -7.70. The van der Waals surface area contributed by atoms with Crippen molar-refractivity contribution in [3.8, 4) is 5.75 Å². The van der Waals surface area contributed by atoms with E-state index in [4.69, 9.17) is 41.7 Å². The van der Waals surface area contributed by atoms with Crippen LogP contribution in [0.3, 0.4) is 0 Å². The number of halogens is 3. The van der Waals surface area contributed by atoms with Crippen molar-refractivity contribution in [1.29, 1.82) is 0 Å².